The second kappa shape index (κ2) is 10.1. The first-order valence-electron chi connectivity index (χ1n) is 7.90. The molecule has 0 amide bonds. The average Bonchev–Trinajstić information content (AvgIpc) is 3.13. The molecular formula is C16H28IN3O2. The summed E-state index contributed by atoms with van der Waals surface area (Å²) in [5.74, 6) is 1.85. The predicted octanol–water partition coefficient (Wildman–Crippen LogP) is 2.95. The molecule has 126 valence electrons. The number of ether oxygens (including phenoxy) is 1. The Morgan fingerprint density at radius 1 is 1.36 bits per heavy atom. The fourth-order valence-corrected chi connectivity index (χ4v) is 2.38. The van der Waals surface area contributed by atoms with E-state index in [9.17, 15) is 0 Å². The molecule has 1 aromatic rings. The zero-order valence-corrected chi connectivity index (χ0v) is 15.9. The van der Waals surface area contributed by atoms with Crippen molar-refractivity contribution in [2.75, 3.05) is 26.2 Å². The van der Waals surface area contributed by atoms with Gasteiger partial charge in [0.1, 0.15) is 5.76 Å². The highest BCUT2D eigenvalue weighted by Crippen LogP contribution is 2.24. The molecule has 0 aromatic carbocycles. The maximum absolute atomic E-state index is 5.78. The van der Waals surface area contributed by atoms with Crippen LogP contribution in [0.3, 0.4) is 0 Å². The Hall–Kier alpha value is -0.760. The Morgan fingerprint density at radius 3 is 2.82 bits per heavy atom. The Labute approximate surface area is 150 Å². The molecule has 0 spiro atoms. The Balaban J connectivity index is 0.00000242. The maximum atomic E-state index is 5.78. The van der Waals surface area contributed by atoms with E-state index in [0.29, 0.717) is 6.54 Å². The molecule has 5 nitrogen and oxygen atoms in total. The second-order valence-corrected chi connectivity index (χ2v) is 5.75. The molecule has 0 bridgehead atoms. The van der Waals surface area contributed by atoms with E-state index in [4.69, 9.17) is 9.15 Å². The number of rotatable bonds is 7. The number of aliphatic imine (C=N–C) groups is 1. The zero-order valence-electron chi connectivity index (χ0n) is 13.6. The van der Waals surface area contributed by atoms with Gasteiger partial charge in [0.25, 0.3) is 0 Å². The molecule has 1 saturated heterocycles. The first-order valence-corrected chi connectivity index (χ1v) is 7.90. The summed E-state index contributed by atoms with van der Waals surface area (Å²) in [7, 11) is 0. The Bertz CT molecular complexity index is 429. The molecule has 1 aliphatic rings. The van der Waals surface area contributed by atoms with Crippen LogP contribution in [0, 0.1) is 0 Å². The van der Waals surface area contributed by atoms with Crippen molar-refractivity contribution in [3.05, 3.63) is 24.2 Å². The van der Waals surface area contributed by atoms with Crippen molar-refractivity contribution in [3.63, 3.8) is 0 Å². The molecule has 0 aliphatic carbocycles. The number of guanidine groups is 1. The lowest BCUT2D eigenvalue weighted by Gasteiger charge is -2.21. The van der Waals surface area contributed by atoms with E-state index < -0.39 is 0 Å². The van der Waals surface area contributed by atoms with E-state index in [0.717, 1.165) is 57.1 Å². The SMILES string of the molecule is CCCNC(=NCC1(C)CCCO1)NCCc1ccco1.I. The lowest BCUT2D eigenvalue weighted by atomic mass is 10.0. The van der Waals surface area contributed by atoms with Gasteiger partial charge in [0.2, 0.25) is 0 Å². The molecule has 0 radical (unpaired) electrons. The van der Waals surface area contributed by atoms with Gasteiger partial charge in [-0.05, 0) is 38.3 Å². The number of furan rings is 1. The van der Waals surface area contributed by atoms with Crippen molar-refractivity contribution in [3.8, 4) is 0 Å². The van der Waals surface area contributed by atoms with E-state index in [1.807, 2.05) is 12.1 Å². The van der Waals surface area contributed by atoms with E-state index in [1.165, 1.54) is 0 Å². The van der Waals surface area contributed by atoms with Crippen molar-refractivity contribution >= 4 is 29.9 Å². The van der Waals surface area contributed by atoms with Crippen molar-refractivity contribution in [1.82, 2.24) is 10.6 Å². The molecule has 1 aliphatic heterocycles. The van der Waals surface area contributed by atoms with Crippen molar-refractivity contribution in [2.45, 2.75) is 45.1 Å². The first-order chi connectivity index (χ1) is 10.2. The quantitative estimate of drug-likeness (QED) is 0.404. The molecular weight excluding hydrogens is 393 g/mol. The highest BCUT2D eigenvalue weighted by Gasteiger charge is 2.29. The molecule has 0 saturated carbocycles. The minimum Gasteiger partial charge on any atom is -0.469 e. The van der Waals surface area contributed by atoms with Crippen LogP contribution in [0.4, 0.5) is 0 Å². The standard InChI is InChI=1S/C16H27N3O2.HI/c1-3-9-17-15(18-10-7-14-6-4-11-20-14)19-13-16(2)8-5-12-21-16;/h4,6,11H,3,5,7-10,12-13H2,1-2H3,(H2,17,18,19);1H. The fraction of sp³-hybridized carbons (Fsp3) is 0.688. The molecule has 2 heterocycles. The van der Waals surface area contributed by atoms with Crippen LogP contribution >= 0.6 is 24.0 Å². The molecule has 1 atom stereocenters. The van der Waals surface area contributed by atoms with Gasteiger partial charge in [-0.3, -0.25) is 4.99 Å². The van der Waals surface area contributed by atoms with Gasteiger partial charge < -0.3 is 19.8 Å². The minimum absolute atomic E-state index is 0. The van der Waals surface area contributed by atoms with E-state index in [2.05, 4.69) is 29.5 Å². The third-order valence-electron chi connectivity index (χ3n) is 3.66. The van der Waals surface area contributed by atoms with Gasteiger partial charge in [0.15, 0.2) is 5.96 Å². The highest BCUT2D eigenvalue weighted by atomic mass is 127. The zero-order chi connectivity index (χ0) is 15.0. The molecule has 22 heavy (non-hydrogen) atoms. The van der Waals surface area contributed by atoms with E-state index in [-0.39, 0.29) is 29.6 Å². The molecule has 2 N–H and O–H groups in total. The van der Waals surface area contributed by atoms with Crippen LogP contribution in [0.5, 0.6) is 0 Å². The number of hydrogen-bond donors (Lipinski definition) is 2. The number of nitrogens with one attached hydrogen (secondary N) is 2. The summed E-state index contributed by atoms with van der Waals surface area (Å²) in [5, 5.41) is 6.70. The third kappa shape index (κ3) is 6.56. The monoisotopic (exact) mass is 421 g/mol. The van der Waals surface area contributed by atoms with Crippen molar-refractivity contribution in [1.29, 1.82) is 0 Å². The first kappa shape index (κ1) is 19.3. The number of nitrogens with zero attached hydrogens (tertiary/aromatic N) is 1. The lowest BCUT2D eigenvalue weighted by Crippen LogP contribution is -2.40. The predicted molar refractivity (Wildman–Crippen MR) is 100 cm³/mol. The van der Waals surface area contributed by atoms with Gasteiger partial charge >= 0.3 is 0 Å². The third-order valence-corrected chi connectivity index (χ3v) is 3.66. The van der Waals surface area contributed by atoms with Gasteiger partial charge in [-0.15, -0.1) is 24.0 Å². The van der Waals surface area contributed by atoms with Gasteiger partial charge in [0.05, 0.1) is 18.4 Å². The van der Waals surface area contributed by atoms with Crippen LogP contribution in [-0.4, -0.2) is 37.8 Å². The summed E-state index contributed by atoms with van der Waals surface area (Å²) in [6.07, 6.45) is 5.86. The van der Waals surface area contributed by atoms with Gasteiger partial charge in [-0.1, -0.05) is 6.92 Å². The summed E-state index contributed by atoms with van der Waals surface area (Å²) in [6.45, 7) is 7.58. The van der Waals surface area contributed by atoms with Crippen LogP contribution < -0.4 is 10.6 Å². The Kier molecular flexibility index (Phi) is 8.85. The molecule has 1 aromatic heterocycles. The minimum atomic E-state index is -0.0954. The smallest absolute Gasteiger partial charge is 0.191 e. The van der Waals surface area contributed by atoms with Crippen LogP contribution in [0.15, 0.2) is 27.8 Å². The van der Waals surface area contributed by atoms with Crippen molar-refractivity contribution in [2.24, 2.45) is 4.99 Å². The van der Waals surface area contributed by atoms with E-state index in [1.54, 1.807) is 6.26 Å². The molecule has 1 fully saturated rings. The summed E-state index contributed by atoms with van der Waals surface area (Å²) in [6, 6.07) is 3.91. The van der Waals surface area contributed by atoms with Crippen LogP contribution in [0.1, 0.15) is 38.9 Å². The van der Waals surface area contributed by atoms with Crippen LogP contribution in [0.25, 0.3) is 0 Å². The topological polar surface area (TPSA) is 58.8 Å². The Morgan fingerprint density at radius 2 is 2.18 bits per heavy atom. The lowest BCUT2D eigenvalue weighted by molar-refractivity contribution is 0.0283. The number of hydrogen-bond acceptors (Lipinski definition) is 3. The maximum Gasteiger partial charge on any atom is 0.191 e. The molecule has 1 unspecified atom stereocenters. The summed E-state index contributed by atoms with van der Waals surface area (Å²) in [5.41, 5.74) is -0.0954. The highest BCUT2D eigenvalue weighted by molar-refractivity contribution is 14.0. The average molecular weight is 421 g/mol. The van der Waals surface area contributed by atoms with Gasteiger partial charge in [0, 0.05) is 26.1 Å². The van der Waals surface area contributed by atoms with Crippen LogP contribution in [0.2, 0.25) is 0 Å². The largest absolute Gasteiger partial charge is 0.469 e. The van der Waals surface area contributed by atoms with Crippen LogP contribution in [-0.2, 0) is 11.2 Å². The molecule has 2 rings (SSSR count). The summed E-state index contributed by atoms with van der Waals surface area (Å²) in [4.78, 5) is 4.67. The van der Waals surface area contributed by atoms with Gasteiger partial charge in [-0.2, -0.15) is 0 Å². The normalized spacial score (nSPS) is 21.5. The van der Waals surface area contributed by atoms with Gasteiger partial charge in [-0.25, -0.2) is 0 Å². The summed E-state index contributed by atoms with van der Waals surface area (Å²) >= 11 is 0. The second-order valence-electron chi connectivity index (χ2n) is 5.75. The van der Waals surface area contributed by atoms with E-state index >= 15 is 0 Å². The van der Waals surface area contributed by atoms with Crippen molar-refractivity contribution < 1.29 is 9.15 Å². The molecule has 6 heteroatoms. The number of halogens is 1. The fourth-order valence-electron chi connectivity index (χ4n) is 2.38. The summed E-state index contributed by atoms with van der Waals surface area (Å²) < 4.78 is 11.1.